The Morgan fingerprint density at radius 2 is 1.65 bits per heavy atom. The molecule has 0 amide bonds. The largest absolute Gasteiger partial charge is 0.488 e. The van der Waals surface area contributed by atoms with Crippen molar-refractivity contribution in [3.8, 4) is 17.1 Å². The fourth-order valence-corrected chi connectivity index (χ4v) is 6.11. The van der Waals surface area contributed by atoms with Crippen LogP contribution in [0.2, 0.25) is 0 Å². The van der Waals surface area contributed by atoms with Crippen LogP contribution in [0, 0.1) is 10.2 Å². The van der Waals surface area contributed by atoms with Crippen molar-refractivity contribution in [2.24, 2.45) is 0 Å². The van der Waals surface area contributed by atoms with Crippen LogP contribution in [0.5, 0.6) is 5.75 Å². The van der Waals surface area contributed by atoms with Crippen LogP contribution in [-0.2, 0) is 11.2 Å². The minimum Gasteiger partial charge on any atom is -0.488 e. The molecule has 0 saturated carbocycles. The summed E-state index contributed by atoms with van der Waals surface area (Å²) in [5, 5.41) is 2.34. The molecular weight excluding hydrogens is 570 g/mol. The van der Waals surface area contributed by atoms with E-state index in [1.807, 2.05) is 18.2 Å². The van der Waals surface area contributed by atoms with Gasteiger partial charge in [0.1, 0.15) is 48.3 Å². The number of hydrogen-bond acceptors (Lipinski definition) is 7. The van der Waals surface area contributed by atoms with Gasteiger partial charge in [-0.05, 0) is 80.2 Å². The van der Waals surface area contributed by atoms with Crippen LogP contribution >= 0.6 is 0 Å². The van der Waals surface area contributed by atoms with Crippen LogP contribution in [0.15, 0.2) is 99.7 Å². The molecule has 0 spiro atoms. The number of halogens is 1. The highest BCUT2D eigenvalue weighted by Gasteiger charge is 2.30. The van der Waals surface area contributed by atoms with Crippen molar-refractivity contribution in [2.75, 3.05) is 19.7 Å². The first-order valence-corrected chi connectivity index (χ1v) is 15.7. The molecule has 0 aromatic heterocycles. The second kappa shape index (κ2) is 12.0. The van der Waals surface area contributed by atoms with E-state index < -0.39 is 10.2 Å². The van der Waals surface area contributed by atoms with Crippen molar-refractivity contribution in [1.82, 2.24) is 4.58 Å². The van der Waals surface area contributed by atoms with Crippen molar-refractivity contribution in [2.45, 2.75) is 39.5 Å². The summed E-state index contributed by atoms with van der Waals surface area (Å²) in [4.78, 5) is 0. The molecule has 0 saturated heterocycles. The molecule has 7 rings (SSSR count). The van der Waals surface area contributed by atoms with Gasteiger partial charge >= 0.3 is 0 Å². The van der Waals surface area contributed by atoms with Gasteiger partial charge in [0, 0.05) is 29.0 Å². The van der Waals surface area contributed by atoms with Gasteiger partial charge in [0.25, 0.3) is 0 Å². The highest BCUT2D eigenvalue weighted by molar-refractivity contribution is 5.85. The average Bonchev–Trinajstić information content (AvgIpc) is 2.99. The Kier molecular flexibility index (Phi) is 8.13. The van der Waals surface area contributed by atoms with Crippen LogP contribution in [0.3, 0.4) is 0 Å². The summed E-state index contributed by atoms with van der Waals surface area (Å²) in [6.45, 7) is 6.89. The van der Waals surface area contributed by atoms with Crippen LogP contribution in [0.4, 0.5) is 0 Å². The summed E-state index contributed by atoms with van der Waals surface area (Å²) in [6, 6.07) is 23.5. The topological polar surface area (TPSA) is 127 Å². The van der Waals surface area contributed by atoms with E-state index in [-0.39, 0.29) is 0 Å². The van der Waals surface area contributed by atoms with E-state index in [9.17, 15) is 0 Å². The lowest BCUT2D eigenvalue weighted by molar-refractivity contribution is -2.00. The van der Waals surface area contributed by atoms with Gasteiger partial charge < -0.3 is 13.9 Å². The van der Waals surface area contributed by atoms with Gasteiger partial charge in [-0.15, -0.1) is 10.2 Å². The van der Waals surface area contributed by atoms with Crippen molar-refractivity contribution >= 4 is 16.7 Å². The molecule has 3 heterocycles. The molecule has 0 fully saturated rings. The molecule has 8 nitrogen and oxygen atoms in total. The third-order valence-electron chi connectivity index (χ3n) is 8.08. The summed E-state index contributed by atoms with van der Waals surface area (Å²) in [7, 11) is -4.94. The van der Waals surface area contributed by atoms with Crippen molar-refractivity contribution < 1.29 is 42.8 Å². The fraction of sp³-hybridized carbons (Fsp3) is 0.265. The van der Waals surface area contributed by atoms with Gasteiger partial charge in [0.2, 0.25) is 5.36 Å². The minimum atomic E-state index is -4.94. The summed E-state index contributed by atoms with van der Waals surface area (Å²) in [5.41, 5.74) is 8.11. The van der Waals surface area contributed by atoms with Crippen LogP contribution in [0.25, 0.3) is 28.1 Å². The number of hydrogen-bond donors (Lipinski definition) is 0. The van der Waals surface area contributed by atoms with Gasteiger partial charge in [0.15, 0.2) is 0 Å². The Bertz CT molecular complexity index is 1810. The lowest BCUT2D eigenvalue weighted by Gasteiger charge is -2.32. The molecular formula is C34H32ClNO7. The Hall–Kier alpha value is -3.92. The first kappa shape index (κ1) is 29.2. The monoisotopic (exact) mass is 601 g/mol. The zero-order valence-electron chi connectivity index (χ0n) is 24.1. The molecule has 2 aliphatic carbocycles. The van der Waals surface area contributed by atoms with E-state index in [0.717, 1.165) is 89.5 Å². The summed E-state index contributed by atoms with van der Waals surface area (Å²) in [6.07, 6.45) is 6.32. The van der Waals surface area contributed by atoms with Gasteiger partial charge in [-0.2, -0.15) is 0 Å². The molecule has 0 N–H and O–H groups in total. The Morgan fingerprint density at radius 1 is 0.860 bits per heavy atom. The van der Waals surface area contributed by atoms with Crippen LogP contribution in [-0.4, -0.2) is 19.7 Å². The van der Waals surface area contributed by atoms with Gasteiger partial charge in [-0.25, -0.2) is 23.2 Å². The van der Waals surface area contributed by atoms with E-state index in [4.69, 9.17) is 32.5 Å². The third-order valence-corrected chi connectivity index (χ3v) is 8.08. The Morgan fingerprint density at radius 3 is 2.44 bits per heavy atom. The summed E-state index contributed by atoms with van der Waals surface area (Å²) < 4.78 is 55.7. The molecule has 0 radical (unpaired) electrons. The lowest BCUT2D eigenvalue weighted by atomic mass is 9.86. The lowest BCUT2D eigenvalue weighted by Crippen LogP contribution is -2.68. The number of para-hydroxylation sites is 2. The summed E-state index contributed by atoms with van der Waals surface area (Å²) in [5.74, 6) is 3.82. The van der Waals surface area contributed by atoms with Gasteiger partial charge in [-0.3, -0.25) is 0 Å². The van der Waals surface area contributed by atoms with Gasteiger partial charge in [0.05, 0.1) is 11.6 Å². The van der Waals surface area contributed by atoms with E-state index in [0.29, 0.717) is 6.61 Å². The van der Waals surface area contributed by atoms with E-state index in [1.54, 1.807) is 0 Å². The first-order chi connectivity index (χ1) is 20.7. The van der Waals surface area contributed by atoms with Crippen molar-refractivity contribution in [1.29, 1.82) is 0 Å². The van der Waals surface area contributed by atoms with E-state index in [2.05, 4.69) is 73.0 Å². The van der Waals surface area contributed by atoms with Crippen LogP contribution in [0.1, 0.15) is 44.2 Å². The van der Waals surface area contributed by atoms with Crippen molar-refractivity contribution in [3.05, 3.63) is 112 Å². The quantitative estimate of drug-likeness (QED) is 0.259. The summed E-state index contributed by atoms with van der Waals surface area (Å²) >= 11 is 0. The third kappa shape index (κ3) is 6.25. The molecule has 5 aliphatic rings. The molecule has 0 bridgehead atoms. The highest BCUT2D eigenvalue weighted by Crippen LogP contribution is 2.44. The molecule has 9 heteroatoms. The maximum absolute atomic E-state index is 8.49. The maximum Gasteiger partial charge on any atom is 0.203 e. The maximum atomic E-state index is 8.49. The number of nitrogens with zero attached hydrogens (tertiary/aromatic N) is 1. The number of benzene rings is 3. The second-order valence-electron chi connectivity index (χ2n) is 10.7. The number of allylic oxidation sites excluding steroid dienone is 2. The predicted molar refractivity (Wildman–Crippen MR) is 152 cm³/mol. The first-order valence-electron chi connectivity index (χ1n) is 14.4. The molecule has 0 unspecified atom stereocenters. The zero-order chi connectivity index (χ0) is 30.1. The number of fused-ring (bicyclic) bond motifs is 5. The second-order valence-corrected chi connectivity index (χ2v) is 11.5. The average molecular weight is 602 g/mol. The Balaban J connectivity index is 0.000000611. The van der Waals surface area contributed by atoms with E-state index in [1.165, 1.54) is 22.1 Å². The number of ether oxygens (including phenoxy) is 2. The molecule has 0 atom stereocenters. The fourth-order valence-electron chi connectivity index (χ4n) is 6.11. The standard InChI is InChI=1S/C34H32NO3.ClHO4/c1-3-35(4-2)28-16-15-22-17-23-9-7-10-24(32(23)37-31(22)20-28)18-25-11-8-12-26-19-27-21-36-30-14-6-5-13-29(30)34(27)38-33(25)26;2-1(3,4)5/h5-7,9-10,13-17,19-20H,3-4,8,11-12,18,21H2,1-2H3;(H,2,3,4,5)/q+1;/p-1. The zero-order valence-corrected chi connectivity index (χ0v) is 24.8. The molecule has 222 valence electrons. The molecule has 2 aromatic carbocycles. The molecule has 2 aromatic rings. The SMILES string of the molecule is CC[N+](CC)=c1ccc2cc3cccc(CC4=C5OC6=C(C=C5CCC4)COc4ccccc46)c3oc-2c1.[O-][Cl+3]([O-])([O-])[O-]. The smallest absolute Gasteiger partial charge is 0.203 e. The Labute approximate surface area is 251 Å². The normalized spacial score (nSPS) is 15.9. The van der Waals surface area contributed by atoms with E-state index >= 15 is 0 Å². The minimum absolute atomic E-state index is 0.559. The van der Waals surface area contributed by atoms with Gasteiger partial charge in [-0.1, -0.05) is 30.3 Å². The number of rotatable bonds is 4. The highest BCUT2D eigenvalue weighted by atomic mass is 35.7. The molecule has 3 aliphatic heterocycles. The predicted octanol–water partition coefficient (Wildman–Crippen LogP) is 2.33. The van der Waals surface area contributed by atoms with Crippen molar-refractivity contribution in [3.63, 3.8) is 0 Å². The van der Waals surface area contributed by atoms with Crippen LogP contribution < -0.4 is 33.3 Å². The molecule has 43 heavy (non-hydrogen) atoms.